The Kier molecular flexibility index (Phi) is 7.50. The summed E-state index contributed by atoms with van der Waals surface area (Å²) in [5, 5.41) is 7.34. The Morgan fingerprint density at radius 1 is 1.32 bits per heavy atom. The van der Waals surface area contributed by atoms with E-state index < -0.39 is 17.7 Å². The van der Waals surface area contributed by atoms with E-state index in [-0.39, 0.29) is 5.56 Å². The summed E-state index contributed by atoms with van der Waals surface area (Å²) >= 11 is 1.90. The van der Waals surface area contributed by atoms with Crippen LogP contribution in [0.1, 0.15) is 30.9 Å². The van der Waals surface area contributed by atoms with Crippen LogP contribution in [0.5, 0.6) is 0 Å². The highest BCUT2D eigenvalue weighted by molar-refractivity contribution is 7.99. The molecule has 1 aromatic rings. The van der Waals surface area contributed by atoms with Crippen molar-refractivity contribution in [2.24, 2.45) is 4.99 Å². The van der Waals surface area contributed by atoms with Crippen LogP contribution >= 0.6 is 11.8 Å². The summed E-state index contributed by atoms with van der Waals surface area (Å²) < 4.78 is 28.3. The van der Waals surface area contributed by atoms with Crippen molar-refractivity contribution < 1.29 is 8.78 Å². The van der Waals surface area contributed by atoms with E-state index >= 15 is 0 Å². The molecule has 25 heavy (non-hydrogen) atoms. The van der Waals surface area contributed by atoms with Crippen LogP contribution in [-0.4, -0.2) is 56.1 Å². The Hall–Kier alpha value is -1.34. The summed E-state index contributed by atoms with van der Waals surface area (Å²) in [7, 11) is 5.34. The minimum Gasteiger partial charge on any atom is -0.354 e. The summed E-state index contributed by atoms with van der Waals surface area (Å²) in [5.74, 6) is -0.376. The van der Waals surface area contributed by atoms with Gasteiger partial charge in [-0.2, -0.15) is 11.8 Å². The molecule has 0 spiro atoms. The van der Waals surface area contributed by atoms with E-state index in [1.54, 1.807) is 11.9 Å². The van der Waals surface area contributed by atoms with E-state index in [2.05, 4.69) is 21.9 Å². The van der Waals surface area contributed by atoms with E-state index in [9.17, 15) is 8.78 Å². The zero-order valence-corrected chi connectivity index (χ0v) is 16.2. The first-order valence-corrected chi connectivity index (χ1v) is 9.85. The Morgan fingerprint density at radius 2 is 2.00 bits per heavy atom. The van der Waals surface area contributed by atoms with Gasteiger partial charge in [0.2, 0.25) is 0 Å². The molecule has 0 saturated heterocycles. The Labute approximate surface area is 153 Å². The summed E-state index contributed by atoms with van der Waals surface area (Å²) in [4.78, 5) is 6.06. The lowest BCUT2D eigenvalue weighted by Crippen LogP contribution is -2.45. The van der Waals surface area contributed by atoms with Crippen molar-refractivity contribution in [1.82, 2.24) is 15.5 Å². The molecule has 0 aromatic heterocycles. The largest absolute Gasteiger partial charge is 0.354 e. The molecular weight excluding hydrogens is 342 g/mol. The minimum absolute atomic E-state index is 0.0822. The summed E-state index contributed by atoms with van der Waals surface area (Å²) in [6.07, 6.45) is 5.58. The molecule has 140 valence electrons. The number of nitrogens with zero attached hydrogens (tertiary/aromatic N) is 2. The number of thioether (sulfide) groups is 1. The number of aliphatic imine (C=N–C) groups is 1. The number of guanidine groups is 1. The molecule has 4 nitrogen and oxygen atoms in total. The van der Waals surface area contributed by atoms with Crippen molar-refractivity contribution in [2.45, 2.75) is 36.6 Å². The fourth-order valence-corrected chi connectivity index (χ4v) is 4.04. The number of hydrogen-bond donors (Lipinski definition) is 2. The van der Waals surface area contributed by atoms with Gasteiger partial charge in [0.15, 0.2) is 5.96 Å². The van der Waals surface area contributed by atoms with Crippen LogP contribution < -0.4 is 10.6 Å². The Bertz CT molecular complexity index is 574. The number of likely N-dealkylation sites (N-methyl/N-ethyl adjacent to an activating group) is 1. The second-order valence-electron chi connectivity index (χ2n) is 6.58. The highest BCUT2D eigenvalue weighted by atomic mass is 32.2. The van der Waals surface area contributed by atoms with Crippen LogP contribution in [0.4, 0.5) is 8.78 Å². The van der Waals surface area contributed by atoms with Gasteiger partial charge >= 0.3 is 0 Å². The van der Waals surface area contributed by atoms with E-state index in [4.69, 9.17) is 0 Å². The molecule has 1 saturated carbocycles. The van der Waals surface area contributed by atoms with E-state index in [1.807, 2.05) is 25.9 Å². The molecule has 1 aromatic carbocycles. The molecule has 0 radical (unpaired) electrons. The van der Waals surface area contributed by atoms with Crippen LogP contribution in [0, 0.1) is 11.6 Å². The maximum absolute atomic E-state index is 14.1. The number of halogens is 2. The molecule has 3 atom stereocenters. The zero-order chi connectivity index (χ0) is 18.4. The van der Waals surface area contributed by atoms with Crippen molar-refractivity contribution in [1.29, 1.82) is 0 Å². The van der Waals surface area contributed by atoms with Gasteiger partial charge in [-0.05, 0) is 51.7 Å². The fraction of sp³-hybridized carbons (Fsp3) is 0.611. The highest BCUT2D eigenvalue weighted by Gasteiger charge is 2.26. The number of rotatable bonds is 6. The fourth-order valence-electron chi connectivity index (χ4n) is 3.24. The average molecular weight is 371 g/mol. The van der Waals surface area contributed by atoms with Gasteiger partial charge in [-0.15, -0.1) is 0 Å². The predicted molar refractivity (Wildman–Crippen MR) is 102 cm³/mol. The molecule has 3 unspecified atom stereocenters. The molecule has 7 heteroatoms. The second kappa shape index (κ2) is 9.38. The predicted octanol–water partition coefficient (Wildman–Crippen LogP) is 3.02. The van der Waals surface area contributed by atoms with Crippen LogP contribution in [0.3, 0.4) is 0 Å². The van der Waals surface area contributed by atoms with Crippen molar-refractivity contribution in [2.75, 3.05) is 33.9 Å². The molecule has 2 N–H and O–H groups in total. The molecule has 1 aliphatic carbocycles. The summed E-state index contributed by atoms with van der Waals surface area (Å²) in [5.41, 5.74) is 0.0822. The topological polar surface area (TPSA) is 39.7 Å². The van der Waals surface area contributed by atoms with Gasteiger partial charge in [-0.1, -0.05) is 6.07 Å². The number of benzene rings is 1. The third-order valence-electron chi connectivity index (χ3n) is 4.70. The molecule has 0 bridgehead atoms. The average Bonchev–Trinajstić information content (AvgIpc) is 3.03. The van der Waals surface area contributed by atoms with Crippen molar-refractivity contribution in [3.8, 4) is 0 Å². The van der Waals surface area contributed by atoms with Crippen molar-refractivity contribution in [3.63, 3.8) is 0 Å². The molecule has 2 rings (SSSR count). The zero-order valence-electron chi connectivity index (χ0n) is 15.4. The quantitative estimate of drug-likeness (QED) is 0.597. The lowest BCUT2D eigenvalue weighted by Gasteiger charge is -2.27. The SMILES string of the molecule is CN=C(NCC(c1c(F)cccc1F)N(C)C)NC1CCC(SC)C1. The van der Waals surface area contributed by atoms with Crippen molar-refractivity contribution >= 4 is 17.7 Å². The lowest BCUT2D eigenvalue weighted by molar-refractivity contribution is 0.282. The first-order chi connectivity index (χ1) is 12.0. The normalized spacial score (nSPS) is 22.3. The van der Waals surface area contributed by atoms with E-state index in [0.29, 0.717) is 23.8 Å². The van der Waals surface area contributed by atoms with Gasteiger partial charge in [0.05, 0.1) is 6.04 Å². The maximum Gasteiger partial charge on any atom is 0.191 e. The number of nitrogens with one attached hydrogen (secondary N) is 2. The third-order valence-corrected chi connectivity index (χ3v) is 5.80. The smallest absolute Gasteiger partial charge is 0.191 e. The van der Waals surface area contributed by atoms with Crippen LogP contribution in [0.25, 0.3) is 0 Å². The summed E-state index contributed by atoms with van der Waals surface area (Å²) in [6, 6.07) is 3.94. The third kappa shape index (κ3) is 5.31. The first kappa shape index (κ1) is 20.0. The van der Waals surface area contributed by atoms with Crippen LogP contribution in [0.15, 0.2) is 23.2 Å². The van der Waals surface area contributed by atoms with Gasteiger partial charge in [0.25, 0.3) is 0 Å². The summed E-state index contributed by atoms with van der Waals surface area (Å²) in [6.45, 7) is 0.364. The van der Waals surface area contributed by atoms with Gasteiger partial charge < -0.3 is 15.5 Å². The van der Waals surface area contributed by atoms with E-state index in [1.165, 1.54) is 24.6 Å². The second-order valence-corrected chi connectivity index (χ2v) is 7.72. The first-order valence-electron chi connectivity index (χ1n) is 8.56. The molecule has 0 aliphatic heterocycles. The Balaban J connectivity index is 2.00. The molecule has 0 amide bonds. The monoisotopic (exact) mass is 370 g/mol. The van der Waals surface area contributed by atoms with Gasteiger partial charge in [-0.25, -0.2) is 8.78 Å². The molecule has 0 heterocycles. The molecule has 1 fully saturated rings. The lowest BCUT2D eigenvalue weighted by atomic mass is 10.0. The van der Waals surface area contributed by atoms with Gasteiger partial charge in [0.1, 0.15) is 11.6 Å². The maximum atomic E-state index is 14.1. The number of hydrogen-bond acceptors (Lipinski definition) is 3. The van der Waals surface area contributed by atoms with Gasteiger partial charge in [-0.3, -0.25) is 4.99 Å². The van der Waals surface area contributed by atoms with Gasteiger partial charge in [0, 0.05) is 30.4 Å². The van der Waals surface area contributed by atoms with Crippen LogP contribution in [-0.2, 0) is 0 Å². The Morgan fingerprint density at radius 3 is 2.52 bits per heavy atom. The van der Waals surface area contributed by atoms with E-state index in [0.717, 1.165) is 12.8 Å². The highest BCUT2D eigenvalue weighted by Crippen LogP contribution is 2.28. The standard InChI is InChI=1S/C18H28F2N4S/c1-21-18(23-12-8-9-13(10-12)25-4)22-11-16(24(2)3)17-14(19)6-5-7-15(17)20/h5-7,12-13,16H,8-11H2,1-4H3,(H2,21,22,23). The minimum atomic E-state index is -0.526. The molecular formula is C18H28F2N4S. The molecule has 1 aliphatic rings. The van der Waals surface area contributed by atoms with Crippen LogP contribution in [0.2, 0.25) is 0 Å². The van der Waals surface area contributed by atoms with Crippen molar-refractivity contribution in [3.05, 3.63) is 35.4 Å².